The van der Waals surface area contributed by atoms with Gasteiger partial charge in [0, 0.05) is 23.7 Å². The molecule has 1 aliphatic heterocycles. The first kappa shape index (κ1) is 24.4. The van der Waals surface area contributed by atoms with E-state index in [0.717, 1.165) is 39.5 Å². The number of para-hydroxylation sites is 2. The molecule has 0 saturated carbocycles. The molecule has 7 heteroatoms. The summed E-state index contributed by atoms with van der Waals surface area (Å²) in [5.41, 5.74) is 6.43. The van der Waals surface area contributed by atoms with Gasteiger partial charge in [-0.15, -0.1) is 0 Å². The molecule has 6 rings (SSSR count). The van der Waals surface area contributed by atoms with Crippen LogP contribution in [0.2, 0.25) is 0 Å². The van der Waals surface area contributed by atoms with Crippen LogP contribution in [0.15, 0.2) is 114 Å². The van der Waals surface area contributed by atoms with Gasteiger partial charge in [0.25, 0.3) is 0 Å². The standard InChI is InChI=1S/C32H27FN4O2/c1-38-30-18-15-23(19-31(30)39-2)32-27(21-36(35-32)25-9-5-3-6-10-25)29-20-28(22-13-16-24(33)17-14-22)34-37(29)26-11-7-4-8-12-26/h3-19,21,29H,20H2,1-2H3/t29-/m0/s1. The Balaban J connectivity index is 1.51. The third kappa shape index (κ3) is 4.75. The van der Waals surface area contributed by atoms with Crippen molar-refractivity contribution in [2.24, 2.45) is 5.10 Å². The van der Waals surface area contributed by atoms with E-state index < -0.39 is 0 Å². The van der Waals surface area contributed by atoms with Crippen LogP contribution in [-0.2, 0) is 0 Å². The van der Waals surface area contributed by atoms with E-state index in [0.29, 0.717) is 17.9 Å². The van der Waals surface area contributed by atoms with Crippen LogP contribution in [0.3, 0.4) is 0 Å². The molecule has 1 atom stereocenters. The minimum Gasteiger partial charge on any atom is -0.493 e. The summed E-state index contributed by atoms with van der Waals surface area (Å²) in [5, 5.41) is 12.1. The Bertz CT molecular complexity index is 1620. The van der Waals surface area contributed by atoms with Gasteiger partial charge >= 0.3 is 0 Å². The number of aromatic nitrogens is 2. The summed E-state index contributed by atoms with van der Waals surface area (Å²) in [6.07, 6.45) is 2.70. The third-order valence-electron chi connectivity index (χ3n) is 6.89. The predicted octanol–water partition coefficient (Wildman–Crippen LogP) is 7.05. The molecular weight excluding hydrogens is 491 g/mol. The zero-order valence-corrected chi connectivity index (χ0v) is 21.7. The molecule has 1 aromatic heterocycles. The van der Waals surface area contributed by atoms with Gasteiger partial charge in [0.1, 0.15) is 5.82 Å². The highest BCUT2D eigenvalue weighted by Crippen LogP contribution is 2.42. The van der Waals surface area contributed by atoms with Crippen LogP contribution in [0, 0.1) is 5.82 Å². The largest absolute Gasteiger partial charge is 0.493 e. The molecule has 0 bridgehead atoms. The van der Waals surface area contributed by atoms with E-state index in [9.17, 15) is 4.39 Å². The summed E-state index contributed by atoms with van der Waals surface area (Å²) < 4.78 is 26.7. The van der Waals surface area contributed by atoms with Gasteiger partial charge in [-0.25, -0.2) is 9.07 Å². The molecule has 0 aliphatic carbocycles. The molecule has 5 aromatic rings. The number of nitrogens with zero attached hydrogens (tertiary/aromatic N) is 4. The fourth-order valence-corrected chi connectivity index (χ4v) is 4.94. The molecular formula is C32H27FN4O2. The Labute approximate surface area is 226 Å². The highest BCUT2D eigenvalue weighted by molar-refractivity contribution is 6.03. The summed E-state index contributed by atoms with van der Waals surface area (Å²) in [4.78, 5) is 0. The van der Waals surface area contributed by atoms with E-state index in [1.165, 1.54) is 12.1 Å². The highest BCUT2D eigenvalue weighted by atomic mass is 19.1. The average Bonchev–Trinajstić information content (AvgIpc) is 3.63. The molecule has 4 aromatic carbocycles. The van der Waals surface area contributed by atoms with Crippen molar-refractivity contribution in [3.8, 4) is 28.4 Å². The van der Waals surface area contributed by atoms with E-state index in [-0.39, 0.29) is 11.9 Å². The van der Waals surface area contributed by atoms with Crippen molar-refractivity contribution in [1.29, 1.82) is 0 Å². The first-order valence-corrected chi connectivity index (χ1v) is 12.7. The molecule has 194 valence electrons. The van der Waals surface area contributed by atoms with Gasteiger partial charge in [-0.05, 0) is 60.2 Å². The number of hydrogen-bond donors (Lipinski definition) is 0. The van der Waals surface area contributed by atoms with Gasteiger partial charge in [0.15, 0.2) is 11.5 Å². The van der Waals surface area contributed by atoms with Gasteiger partial charge in [-0.3, -0.25) is 5.01 Å². The van der Waals surface area contributed by atoms with Crippen LogP contribution in [0.1, 0.15) is 23.6 Å². The summed E-state index contributed by atoms with van der Waals surface area (Å²) in [5.74, 6) is 1.01. The highest BCUT2D eigenvalue weighted by Gasteiger charge is 2.33. The molecule has 0 unspecified atom stereocenters. The van der Waals surface area contributed by atoms with E-state index in [1.807, 2.05) is 88.6 Å². The quantitative estimate of drug-likeness (QED) is 0.232. The summed E-state index contributed by atoms with van der Waals surface area (Å²) in [6.45, 7) is 0. The van der Waals surface area contributed by atoms with Crippen molar-refractivity contribution in [1.82, 2.24) is 9.78 Å². The summed E-state index contributed by atoms with van der Waals surface area (Å²) in [6, 6.07) is 32.3. The minimum absolute atomic E-state index is 0.145. The Hall–Kier alpha value is -4.91. The van der Waals surface area contributed by atoms with E-state index >= 15 is 0 Å². The van der Waals surface area contributed by atoms with Gasteiger partial charge in [0.05, 0.1) is 43.0 Å². The molecule has 1 aliphatic rings. The van der Waals surface area contributed by atoms with Crippen molar-refractivity contribution < 1.29 is 13.9 Å². The molecule has 39 heavy (non-hydrogen) atoms. The zero-order valence-electron chi connectivity index (χ0n) is 21.7. The fraction of sp³-hybridized carbons (Fsp3) is 0.125. The Morgan fingerprint density at radius 2 is 1.38 bits per heavy atom. The third-order valence-corrected chi connectivity index (χ3v) is 6.89. The topological polar surface area (TPSA) is 51.9 Å². The van der Waals surface area contributed by atoms with E-state index in [4.69, 9.17) is 19.7 Å². The first-order valence-electron chi connectivity index (χ1n) is 12.7. The molecule has 0 amide bonds. The van der Waals surface area contributed by atoms with Gasteiger partial charge < -0.3 is 9.47 Å². The van der Waals surface area contributed by atoms with Gasteiger partial charge in [0.2, 0.25) is 0 Å². The average molecular weight is 519 g/mol. The zero-order chi connectivity index (χ0) is 26.8. The molecule has 6 nitrogen and oxygen atoms in total. The number of halogens is 1. The second kappa shape index (κ2) is 10.5. The second-order valence-electron chi connectivity index (χ2n) is 9.24. The van der Waals surface area contributed by atoms with Crippen molar-refractivity contribution in [2.45, 2.75) is 12.5 Å². The lowest BCUT2D eigenvalue weighted by molar-refractivity contribution is 0.355. The monoisotopic (exact) mass is 518 g/mol. The van der Waals surface area contributed by atoms with Crippen molar-refractivity contribution in [3.05, 3.63) is 126 Å². The molecule has 0 spiro atoms. The van der Waals surface area contributed by atoms with Gasteiger partial charge in [-0.2, -0.15) is 10.2 Å². The Kier molecular flexibility index (Phi) is 6.55. The first-order chi connectivity index (χ1) is 19.1. The van der Waals surface area contributed by atoms with E-state index in [1.54, 1.807) is 26.4 Å². The SMILES string of the molecule is COc1ccc(-c2nn(-c3ccccc3)cc2[C@@H]2CC(c3ccc(F)cc3)=NN2c2ccccc2)cc1OC. The lowest BCUT2D eigenvalue weighted by Gasteiger charge is -2.23. The minimum atomic E-state index is -0.270. The van der Waals surface area contributed by atoms with Crippen LogP contribution in [0.25, 0.3) is 16.9 Å². The number of anilines is 1. The maximum atomic E-state index is 13.7. The smallest absolute Gasteiger partial charge is 0.161 e. The number of methoxy groups -OCH3 is 2. The number of hydrazone groups is 1. The normalized spacial score (nSPS) is 14.8. The maximum Gasteiger partial charge on any atom is 0.161 e. The molecule has 0 radical (unpaired) electrons. The maximum absolute atomic E-state index is 13.7. The Morgan fingerprint density at radius 1 is 0.744 bits per heavy atom. The van der Waals surface area contributed by atoms with E-state index in [2.05, 4.69) is 6.20 Å². The van der Waals surface area contributed by atoms with Crippen molar-refractivity contribution in [2.75, 3.05) is 19.2 Å². The lowest BCUT2D eigenvalue weighted by atomic mass is 9.96. The molecule has 0 N–H and O–H groups in total. The predicted molar refractivity (Wildman–Crippen MR) is 151 cm³/mol. The number of rotatable bonds is 7. The van der Waals surface area contributed by atoms with Crippen LogP contribution in [0.5, 0.6) is 11.5 Å². The number of ether oxygens (including phenoxy) is 2. The molecule has 0 fully saturated rings. The second-order valence-corrected chi connectivity index (χ2v) is 9.24. The lowest BCUT2D eigenvalue weighted by Crippen LogP contribution is -2.18. The summed E-state index contributed by atoms with van der Waals surface area (Å²) in [7, 11) is 3.25. The van der Waals surface area contributed by atoms with Crippen LogP contribution in [0.4, 0.5) is 10.1 Å². The molecule has 2 heterocycles. The fourth-order valence-electron chi connectivity index (χ4n) is 4.94. The van der Waals surface area contributed by atoms with Crippen LogP contribution >= 0.6 is 0 Å². The van der Waals surface area contributed by atoms with Gasteiger partial charge in [-0.1, -0.05) is 48.5 Å². The van der Waals surface area contributed by atoms with Crippen LogP contribution < -0.4 is 14.5 Å². The number of hydrogen-bond acceptors (Lipinski definition) is 5. The van der Waals surface area contributed by atoms with Crippen molar-refractivity contribution in [3.63, 3.8) is 0 Å². The number of benzene rings is 4. The molecule has 0 saturated heterocycles. The Morgan fingerprint density at radius 3 is 2.05 bits per heavy atom. The van der Waals surface area contributed by atoms with Crippen molar-refractivity contribution >= 4 is 11.4 Å². The van der Waals surface area contributed by atoms with Crippen LogP contribution in [-0.4, -0.2) is 29.7 Å². The summed E-state index contributed by atoms with van der Waals surface area (Å²) >= 11 is 0.